The highest BCUT2D eigenvalue weighted by molar-refractivity contribution is 5.79. The fourth-order valence-corrected chi connectivity index (χ4v) is 3.62. The van der Waals surface area contributed by atoms with Gasteiger partial charge in [-0.1, -0.05) is 48.5 Å². The van der Waals surface area contributed by atoms with Crippen LogP contribution in [0.1, 0.15) is 18.1 Å². The van der Waals surface area contributed by atoms with Crippen LogP contribution in [0, 0.1) is 5.82 Å². The predicted molar refractivity (Wildman–Crippen MR) is 109 cm³/mol. The monoisotopic (exact) mass is 383 g/mol. The number of benzene rings is 2. The number of quaternary nitrogens is 2. The maximum atomic E-state index is 13.0. The van der Waals surface area contributed by atoms with E-state index in [2.05, 4.69) is 41.7 Å². The van der Waals surface area contributed by atoms with E-state index in [0.717, 1.165) is 38.3 Å². The molecule has 0 aliphatic carbocycles. The van der Waals surface area contributed by atoms with Crippen LogP contribution in [-0.4, -0.2) is 44.7 Å². The van der Waals surface area contributed by atoms with E-state index in [4.69, 9.17) is 0 Å². The van der Waals surface area contributed by atoms with Gasteiger partial charge in [0.1, 0.15) is 32.0 Å². The van der Waals surface area contributed by atoms with Crippen molar-refractivity contribution < 1.29 is 19.0 Å². The third kappa shape index (κ3) is 6.01. The number of piperazine rings is 1. The number of nitrogens with one attached hydrogen (secondary N) is 3. The lowest BCUT2D eigenvalue weighted by Gasteiger charge is -2.32. The standard InChI is InChI=1S/C23H28FN3O/c1-19(23(28)25-18-21-9-11-22(24)12-10-21)27-16-14-26(15-17-27)13-5-8-20-6-3-2-4-7-20/h2-12,19H,13-18H2,1H3,(H,25,28)/p+2/b8-5+/t19-/m0/s1. The Balaban J connectivity index is 1.39. The van der Waals surface area contributed by atoms with Crippen molar-refractivity contribution in [2.75, 3.05) is 32.7 Å². The van der Waals surface area contributed by atoms with Gasteiger partial charge in [-0.05, 0) is 36.3 Å². The van der Waals surface area contributed by atoms with E-state index in [0.29, 0.717) is 6.54 Å². The minimum atomic E-state index is -0.258. The van der Waals surface area contributed by atoms with Crippen LogP contribution in [0.2, 0.25) is 0 Å². The molecule has 3 rings (SSSR count). The summed E-state index contributed by atoms with van der Waals surface area (Å²) in [4.78, 5) is 15.4. The molecule has 0 bridgehead atoms. The normalized spacial score (nSPS) is 20.8. The van der Waals surface area contributed by atoms with Crippen molar-refractivity contribution in [1.82, 2.24) is 5.32 Å². The molecular weight excluding hydrogens is 353 g/mol. The first kappa shape index (κ1) is 20.2. The van der Waals surface area contributed by atoms with Crippen LogP contribution in [0.15, 0.2) is 60.7 Å². The number of halogens is 1. The highest BCUT2D eigenvalue weighted by Gasteiger charge is 2.30. The highest BCUT2D eigenvalue weighted by atomic mass is 19.1. The van der Waals surface area contributed by atoms with Gasteiger partial charge in [0.2, 0.25) is 0 Å². The Morgan fingerprint density at radius 2 is 1.75 bits per heavy atom. The molecule has 0 aromatic heterocycles. The van der Waals surface area contributed by atoms with Gasteiger partial charge < -0.3 is 15.1 Å². The van der Waals surface area contributed by atoms with Crippen molar-refractivity contribution in [2.45, 2.75) is 19.5 Å². The summed E-state index contributed by atoms with van der Waals surface area (Å²) in [5, 5.41) is 2.98. The molecule has 1 aliphatic rings. The van der Waals surface area contributed by atoms with Gasteiger partial charge >= 0.3 is 0 Å². The second-order valence-electron chi connectivity index (χ2n) is 7.49. The van der Waals surface area contributed by atoms with Crippen LogP contribution >= 0.6 is 0 Å². The van der Waals surface area contributed by atoms with Crippen LogP contribution in [0.4, 0.5) is 4.39 Å². The zero-order valence-electron chi connectivity index (χ0n) is 16.5. The number of hydrogen-bond acceptors (Lipinski definition) is 1. The van der Waals surface area contributed by atoms with Gasteiger partial charge in [-0.25, -0.2) is 4.39 Å². The molecule has 1 heterocycles. The summed E-state index contributed by atoms with van der Waals surface area (Å²) in [6.07, 6.45) is 4.42. The average molecular weight is 384 g/mol. The number of amides is 1. The summed E-state index contributed by atoms with van der Waals surface area (Å²) >= 11 is 0. The van der Waals surface area contributed by atoms with Crippen molar-refractivity contribution in [3.8, 4) is 0 Å². The molecule has 2 aromatic rings. The molecule has 0 unspecified atom stereocenters. The average Bonchev–Trinajstić information content (AvgIpc) is 2.74. The molecule has 4 nitrogen and oxygen atoms in total. The van der Waals surface area contributed by atoms with E-state index < -0.39 is 0 Å². The second kappa shape index (κ2) is 10.2. The summed E-state index contributed by atoms with van der Waals surface area (Å²) in [6.45, 7) is 7.61. The number of rotatable bonds is 7. The van der Waals surface area contributed by atoms with E-state index in [-0.39, 0.29) is 17.8 Å². The lowest BCUT2D eigenvalue weighted by molar-refractivity contribution is -1.02. The lowest BCUT2D eigenvalue weighted by Crippen LogP contribution is -3.30. The second-order valence-corrected chi connectivity index (χ2v) is 7.49. The highest BCUT2D eigenvalue weighted by Crippen LogP contribution is 2.02. The van der Waals surface area contributed by atoms with Gasteiger partial charge in [-0.3, -0.25) is 4.79 Å². The molecule has 1 amide bonds. The summed E-state index contributed by atoms with van der Waals surface area (Å²) in [5.74, 6) is -0.196. The van der Waals surface area contributed by atoms with Crippen molar-refractivity contribution in [1.29, 1.82) is 0 Å². The number of hydrogen-bond donors (Lipinski definition) is 3. The SMILES string of the molecule is C[C@@H](C(=O)NCc1ccc(F)cc1)[NH+]1CC[NH+](C/C=C/c2ccccc2)CC1. The van der Waals surface area contributed by atoms with E-state index in [1.807, 2.05) is 13.0 Å². The number of carbonyl (C=O) groups is 1. The third-order valence-corrected chi connectivity index (χ3v) is 5.50. The Bertz CT molecular complexity index is 768. The van der Waals surface area contributed by atoms with Crippen LogP contribution in [-0.2, 0) is 11.3 Å². The lowest BCUT2D eigenvalue weighted by atomic mass is 10.2. The zero-order chi connectivity index (χ0) is 19.8. The molecule has 0 spiro atoms. The molecule has 5 heteroatoms. The minimum absolute atomic E-state index is 0.0618. The molecule has 148 valence electrons. The first-order chi connectivity index (χ1) is 13.6. The van der Waals surface area contributed by atoms with Gasteiger partial charge in [-0.15, -0.1) is 0 Å². The Morgan fingerprint density at radius 3 is 2.43 bits per heavy atom. The molecule has 0 saturated carbocycles. The maximum Gasteiger partial charge on any atom is 0.278 e. The van der Waals surface area contributed by atoms with E-state index in [9.17, 15) is 9.18 Å². The Labute approximate surface area is 166 Å². The molecule has 0 radical (unpaired) electrons. The van der Waals surface area contributed by atoms with Gasteiger partial charge in [0.05, 0.1) is 6.54 Å². The van der Waals surface area contributed by atoms with Gasteiger partial charge in [0.25, 0.3) is 5.91 Å². The Kier molecular flexibility index (Phi) is 7.34. The molecule has 28 heavy (non-hydrogen) atoms. The van der Waals surface area contributed by atoms with Gasteiger partial charge in [-0.2, -0.15) is 0 Å². The molecule has 3 N–H and O–H groups in total. The predicted octanol–water partition coefficient (Wildman–Crippen LogP) is 0.327. The van der Waals surface area contributed by atoms with E-state index >= 15 is 0 Å². The Morgan fingerprint density at radius 1 is 1.07 bits per heavy atom. The Hall–Kier alpha value is -2.50. The fraction of sp³-hybridized carbons (Fsp3) is 0.348. The summed E-state index contributed by atoms with van der Waals surface area (Å²) in [7, 11) is 0. The van der Waals surface area contributed by atoms with E-state index in [1.165, 1.54) is 22.6 Å². The first-order valence-corrected chi connectivity index (χ1v) is 10.0. The van der Waals surface area contributed by atoms with Gasteiger partial charge in [0, 0.05) is 6.54 Å². The molecular formula is C23H30FN3O+2. The summed E-state index contributed by atoms with van der Waals surface area (Å²) in [6, 6.07) is 16.5. The van der Waals surface area contributed by atoms with E-state index in [1.54, 1.807) is 17.0 Å². The summed E-state index contributed by atoms with van der Waals surface area (Å²) in [5.41, 5.74) is 2.15. The molecule has 1 atom stereocenters. The van der Waals surface area contributed by atoms with Crippen LogP contribution < -0.4 is 15.1 Å². The maximum absolute atomic E-state index is 13.0. The topological polar surface area (TPSA) is 38.0 Å². The molecule has 1 saturated heterocycles. The smallest absolute Gasteiger partial charge is 0.278 e. The fourth-order valence-electron chi connectivity index (χ4n) is 3.62. The van der Waals surface area contributed by atoms with Crippen LogP contribution in [0.25, 0.3) is 6.08 Å². The largest absolute Gasteiger partial charge is 0.347 e. The zero-order valence-corrected chi connectivity index (χ0v) is 16.5. The van der Waals surface area contributed by atoms with Crippen molar-refractivity contribution >= 4 is 12.0 Å². The minimum Gasteiger partial charge on any atom is -0.347 e. The van der Waals surface area contributed by atoms with Crippen molar-refractivity contribution in [2.24, 2.45) is 0 Å². The first-order valence-electron chi connectivity index (χ1n) is 10.0. The van der Waals surface area contributed by atoms with Crippen LogP contribution in [0.5, 0.6) is 0 Å². The summed E-state index contributed by atoms with van der Waals surface area (Å²) < 4.78 is 13.0. The molecule has 1 fully saturated rings. The molecule has 2 aromatic carbocycles. The third-order valence-electron chi connectivity index (χ3n) is 5.50. The van der Waals surface area contributed by atoms with Crippen LogP contribution in [0.3, 0.4) is 0 Å². The van der Waals surface area contributed by atoms with Gasteiger partial charge in [0.15, 0.2) is 6.04 Å². The molecule has 1 aliphatic heterocycles. The van der Waals surface area contributed by atoms with Crippen molar-refractivity contribution in [3.63, 3.8) is 0 Å². The quantitative estimate of drug-likeness (QED) is 0.633. The van der Waals surface area contributed by atoms with Crippen molar-refractivity contribution in [3.05, 3.63) is 77.6 Å². The number of carbonyl (C=O) groups excluding carboxylic acids is 1.